The van der Waals surface area contributed by atoms with Gasteiger partial charge in [-0.2, -0.15) is 0 Å². The Morgan fingerprint density at radius 2 is 1.81 bits per heavy atom. The number of fused-ring (bicyclic) bond motifs is 3. The Kier molecular flexibility index (Phi) is 5.94. The molecule has 0 saturated heterocycles. The van der Waals surface area contributed by atoms with Crippen molar-refractivity contribution in [2.24, 2.45) is 0 Å². The van der Waals surface area contributed by atoms with Crippen molar-refractivity contribution in [3.8, 4) is 0 Å². The molecule has 1 N–H and O–H groups in total. The first-order chi connectivity index (χ1) is 15.6. The minimum absolute atomic E-state index is 0.0985. The van der Waals surface area contributed by atoms with Gasteiger partial charge < -0.3 is 9.88 Å². The monoisotopic (exact) mass is 464 g/mol. The van der Waals surface area contributed by atoms with E-state index in [1.807, 2.05) is 35.2 Å². The first kappa shape index (κ1) is 21.1. The van der Waals surface area contributed by atoms with Gasteiger partial charge in [0.2, 0.25) is 5.91 Å². The highest BCUT2D eigenvalue weighted by Gasteiger charge is 2.34. The predicted molar refractivity (Wildman–Crippen MR) is 130 cm³/mol. The highest BCUT2D eigenvalue weighted by atomic mass is 35.5. The van der Waals surface area contributed by atoms with Crippen molar-refractivity contribution in [1.82, 2.24) is 9.88 Å². The second-order valence-electron chi connectivity index (χ2n) is 7.97. The Hall–Kier alpha value is -2.76. The molecule has 32 heavy (non-hydrogen) atoms. The summed E-state index contributed by atoms with van der Waals surface area (Å²) in [6.07, 6.45) is 0.817. The lowest BCUT2D eigenvalue weighted by atomic mass is 9.92. The average molecular weight is 465 g/mol. The van der Waals surface area contributed by atoms with Gasteiger partial charge >= 0.3 is 0 Å². The summed E-state index contributed by atoms with van der Waals surface area (Å²) in [5.41, 5.74) is 5.51. The molecule has 1 aromatic heterocycles. The molecule has 0 saturated carbocycles. The van der Waals surface area contributed by atoms with E-state index < -0.39 is 0 Å². The van der Waals surface area contributed by atoms with Crippen LogP contribution in [0, 0.1) is 5.82 Å². The predicted octanol–water partition coefficient (Wildman–Crippen LogP) is 6.37. The van der Waals surface area contributed by atoms with Gasteiger partial charge in [-0.15, -0.1) is 11.8 Å². The fourth-order valence-electron chi connectivity index (χ4n) is 4.42. The van der Waals surface area contributed by atoms with E-state index in [1.165, 1.54) is 23.1 Å². The molecule has 5 rings (SSSR count). The molecule has 1 aliphatic rings. The smallest absolute Gasteiger partial charge is 0.233 e. The number of para-hydroxylation sites is 1. The number of benzene rings is 3. The minimum atomic E-state index is -0.247. The molecule has 0 bridgehead atoms. The highest BCUT2D eigenvalue weighted by molar-refractivity contribution is 7.99. The zero-order valence-electron chi connectivity index (χ0n) is 17.4. The lowest BCUT2D eigenvalue weighted by molar-refractivity contribution is -0.130. The van der Waals surface area contributed by atoms with Crippen LogP contribution in [0.4, 0.5) is 4.39 Å². The highest BCUT2D eigenvalue weighted by Crippen LogP contribution is 2.39. The number of halogens is 2. The van der Waals surface area contributed by atoms with Gasteiger partial charge in [0.25, 0.3) is 0 Å². The van der Waals surface area contributed by atoms with Crippen molar-refractivity contribution < 1.29 is 9.18 Å². The largest absolute Gasteiger partial charge is 0.356 e. The molecule has 162 valence electrons. The summed E-state index contributed by atoms with van der Waals surface area (Å²) < 4.78 is 13.1. The van der Waals surface area contributed by atoms with Gasteiger partial charge in [0.1, 0.15) is 5.82 Å². The average Bonchev–Trinajstić information content (AvgIpc) is 3.19. The van der Waals surface area contributed by atoms with Gasteiger partial charge in [-0.1, -0.05) is 54.1 Å². The zero-order valence-corrected chi connectivity index (χ0v) is 18.9. The molecular formula is C26H22ClFN2OS. The van der Waals surface area contributed by atoms with Crippen LogP contribution in [0.5, 0.6) is 0 Å². The van der Waals surface area contributed by atoms with Gasteiger partial charge in [-0.25, -0.2) is 4.39 Å². The van der Waals surface area contributed by atoms with Crippen LogP contribution >= 0.6 is 23.4 Å². The number of nitrogens with one attached hydrogen (secondary N) is 1. The Labute approximate surface area is 195 Å². The van der Waals surface area contributed by atoms with E-state index in [4.69, 9.17) is 11.6 Å². The number of aromatic amines is 1. The summed E-state index contributed by atoms with van der Waals surface area (Å²) in [6.45, 7) is 0.665. The van der Waals surface area contributed by atoms with E-state index in [9.17, 15) is 9.18 Å². The third-order valence-electron chi connectivity index (χ3n) is 5.95. The fraction of sp³-hybridized carbons (Fsp3) is 0.192. The van der Waals surface area contributed by atoms with Gasteiger partial charge in [0.15, 0.2) is 0 Å². The number of hydrogen-bond donors (Lipinski definition) is 1. The molecule has 3 aromatic carbocycles. The molecule has 2 heterocycles. The van der Waals surface area contributed by atoms with Gasteiger partial charge in [-0.05, 0) is 53.4 Å². The van der Waals surface area contributed by atoms with E-state index in [0.717, 1.165) is 28.8 Å². The van der Waals surface area contributed by atoms with Gasteiger partial charge in [0.05, 0.1) is 11.8 Å². The molecule has 3 nitrogen and oxygen atoms in total. The Morgan fingerprint density at radius 3 is 2.59 bits per heavy atom. The first-order valence-electron chi connectivity index (χ1n) is 10.6. The summed E-state index contributed by atoms with van der Waals surface area (Å²) >= 11 is 7.69. The number of carbonyl (C=O) groups is 1. The molecule has 0 spiro atoms. The topological polar surface area (TPSA) is 36.1 Å². The van der Waals surface area contributed by atoms with Crippen LogP contribution in [0.25, 0.3) is 10.9 Å². The maximum Gasteiger partial charge on any atom is 0.233 e. The molecular weight excluding hydrogens is 443 g/mol. The summed E-state index contributed by atoms with van der Waals surface area (Å²) in [7, 11) is 0. The van der Waals surface area contributed by atoms with Crippen molar-refractivity contribution in [2.75, 3.05) is 12.3 Å². The van der Waals surface area contributed by atoms with Gasteiger partial charge in [-0.3, -0.25) is 4.79 Å². The van der Waals surface area contributed by atoms with Crippen molar-refractivity contribution >= 4 is 40.2 Å². The van der Waals surface area contributed by atoms with Crippen molar-refractivity contribution in [3.05, 3.63) is 106 Å². The standard InChI is InChI=1S/C26H22ClFN2OS/c27-19-9-7-18(8-10-19)26-25-22(21-3-1-2-4-23(21)29-25)13-14-30(26)24(31)16-32-15-17-5-11-20(28)12-6-17/h1-12,26,29H,13-16H2/t26-/m0/s1. The molecule has 0 radical (unpaired) electrons. The van der Waals surface area contributed by atoms with E-state index in [0.29, 0.717) is 23.1 Å². The Balaban J connectivity index is 1.42. The van der Waals surface area contributed by atoms with E-state index >= 15 is 0 Å². The van der Waals surface area contributed by atoms with Crippen molar-refractivity contribution in [3.63, 3.8) is 0 Å². The molecule has 0 unspecified atom stereocenters. The Bertz CT molecular complexity index is 1250. The first-order valence-corrected chi connectivity index (χ1v) is 12.1. The summed E-state index contributed by atoms with van der Waals surface area (Å²) in [6, 6.07) is 22.3. The number of amides is 1. The molecule has 4 aromatic rings. The summed E-state index contributed by atoms with van der Waals surface area (Å²) in [4.78, 5) is 18.9. The normalized spacial score (nSPS) is 15.7. The number of hydrogen-bond acceptors (Lipinski definition) is 2. The zero-order chi connectivity index (χ0) is 22.1. The maximum absolute atomic E-state index is 13.3. The molecule has 0 aliphatic carbocycles. The fourth-order valence-corrected chi connectivity index (χ4v) is 5.42. The number of thioether (sulfide) groups is 1. The second-order valence-corrected chi connectivity index (χ2v) is 9.40. The van der Waals surface area contributed by atoms with Crippen LogP contribution in [0.15, 0.2) is 72.8 Å². The lowest BCUT2D eigenvalue weighted by Crippen LogP contribution is -2.41. The van der Waals surface area contributed by atoms with Crippen LogP contribution in [-0.4, -0.2) is 28.1 Å². The quantitative estimate of drug-likeness (QED) is 0.372. The van der Waals surface area contributed by atoms with Crippen LogP contribution in [0.3, 0.4) is 0 Å². The van der Waals surface area contributed by atoms with Crippen molar-refractivity contribution in [2.45, 2.75) is 18.2 Å². The number of rotatable bonds is 5. The molecule has 1 amide bonds. The molecule has 6 heteroatoms. The third-order valence-corrected chi connectivity index (χ3v) is 7.19. The number of H-pyrrole nitrogens is 1. The molecule has 1 aliphatic heterocycles. The number of nitrogens with zero attached hydrogens (tertiary/aromatic N) is 1. The third kappa shape index (κ3) is 4.15. The van der Waals surface area contributed by atoms with E-state index in [-0.39, 0.29) is 17.8 Å². The van der Waals surface area contributed by atoms with E-state index in [2.05, 4.69) is 23.2 Å². The van der Waals surface area contributed by atoms with Crippen LogP contribution < -0.4 is 0 Å². The van der Waals surface area contributed by atoms with Crippen LogP contribution in [0.1, 0.15) is 28.4 Å². The SMILES string of the molecule is O=C(CSCc1ccc(F)cc1)N1CCc2c([nH]c3ccccc23)[C@@H]1c1ccc(Cl)cc1. The molecule has 0 fully saturated rings. The Morgan fingerprint density at radius 1 is 1.06 bits per heavy atom. The van der Waals surface area contributed by atoms with E-state index in [1.54, 1.807) is 23.9 Å². The maximum atomic E-state index is 13.3. The minimum Gasteiger partial charge on any atom is -0.356 e. The lowest BCUT2D eigenvalue weighted by Gasteiger charge is -2.36. The van der Waals surface area contributed by atoms with Crippen molar-refractivity contribution in [1.29, 1.82) is 0 Å². The summed E-state index contributed by atoms with van der Waals surface area (Å²) in [5.74, 6) is 0.893. The number of carbonyl (C=O) groups excluding carboxylic acids is 1. The summed E-state index contributed by atoms with van der Waals surface area (Å²) in [5, 5.41) is 1.90. The van der Waals surface area contributed by atoms with Crippen LogP contribution in [0.2, 0.25) is 5.02 Å². The molecule has 1 atom stereocenters. The number of aromatic nitrogens is 1. The van der Waals surface area contributed by atoms with Gasteiger partial charge in [0, 0.05) is 33.9 Å². The second kappa shape index (κ2) is 9.00. The van der Waals surface area contributed by atoms with Crippen LogP contribution in [-0.2, 0) is 17.0 Å².